The molecule has 0 radical (unpaired) electrons. The molecule has 5 heteroatoms. The Morgan fingerprint density at radius 2 is 2.04 bits per heavy atom. The van der Waals surface area contributed by atoms with Crippen LogP contribution < -0.4 is 5.32 Å². The van der Waals surface area contributed by atoms with Crippen LogP contribution in [0, 0.1) is 12.8 Å². The molecule has 0 saturated heterocycles. The highest BCUT2D eigenvalue weighted by Gasteiger charge is 2.28. The van der Waals surface area contributed by atoms with Crippen molar-refractivity contribution >= 4 is 28.8 Å². The Kier molecular flexibility index (Phi) is 3.77. The van der Waals surface area contributed by atoms with Gasteiger partial charge in [-0.3, -0.25) is 4.79 Å². The van der Waals surface area contributed by atoms with Gasteiger partial charge >= 0.3 is 0 Å². The summed E-state index contributed by atoms with van der Waals surface area (Å²) >= 11 is 5.89. The number of aryl methyl sites for hydroxylation is 2. The maximum absolute atomic E-state index is 12.6. The van der Waals surface area contributed by atoms with Gasteiger partial charge in [0.05, 0.1) is 5.69 Å². The zero-order valence-corrected chi connectivity index (χ0v) is 14.2. The molecule has 0 fully saturated rings. The summed E-state index contributed by atoms with van der Waals surface area (Å²) in [5.41, 5.74) is 5.22. The number of hydrogen-bond acceptors (Lipinski definition) is 2. The lowest BCUT2D eigenvalue weighted by Crippen LogP contribution is -2.28. The van der Waals surface area contributed by atoms with E-state index in [-0.39, 0.29) is 11.8 Å². The van der Waals surface area contributed by atoms with E-state index in [9.17, 15) is 4.79 Å². The molecule has 1 aliphatic rings. The molecule has 1 atom stereocenters. The van der Waals surface area contributed by atoms with Crippen molar-refractivity contribution in [1.29, 1.82) is 0 Å². The summed E-state index contributed by atoms with van der Waals surface area (Å²) in [7, 11) is 0. The Hall–Kier alpha value is -2.33. The van der Waals surface area contributed by atoms with Gasteiger partial charge in [0.2, 0.25) is 5.91 Å². The third-order valence-corrected chi connectivity index (χ3v) is 4.85. The third kappa shape index (κ3) is 2.78. The largest absolute Gasteiger partial charge is 0.326 e. The minimum absolute atomic E-state index is 0.0337. The average Bonchev–Trinajstić information content (AvgIpc) is 2.94. The maximum Gasteiger partial charge on any atom is 0.227 e. The number of halogens is 1. The molecule has 1 N–H and O–H groups in total. The predicted octanol–water partition coefficient (Wildman–Crippen LogP) is 4.04. The van der Waals surface area contributed by atoms with Crippen LogP contribution in [0.15, 0.2) is 42.6 Å². The Morgan fingerprint density at radius 3 is 2.83 bits per heavy atom. The lowest BCUT2D eigenvalue weighted by molar-refractivity contribution is -0.120. The van der Waals surface area contributed by atoms with Crippen LogP contribution in [0.1, 0.15) is 23.4 Å². The zero-order valence-electron chi connectivity index (χ0n) is 13.4. The Bertz CT molecular complexity index is 914. The first-order valence-corrected chi connectivity index (χ1v) is 8.51. The fourth-order valence-corrected chi connectivity index (χ4v) is 3.44. The molecule has 4 nitrogen and oxygen atoms in total. The quantitative estimate of drug-likeness (QED) is 0.766. The number of fused-ring (bicyclic) bond motifs is 3. The number of benzene rings is 1. The first kappa shape index (κ1) is 15.2. The highest BCUT2D eigenvalue weighted by Crippen LogP contribution is 2.27. The second-order valence-corrected chi connectivity index (χ2v) is 6.81. The average molecular weight is 340 g/mol. The van der Waals surface area contributed by atoms with Crippen molar-refractivity contribution in [3.05, 3.63) is 64.6 Å². The number of anilines is 1. The molecular formula is C19H18ClN3O. The highest BCUT2D eigenvalue weighted by atomic mass is 35.5. The van der Waals surface area contributed by atoms with E-state index in [1.807, 2.05) is 18.2 Å². The van der Waals surface area contributed by atoms with Gasteiger partial charge in [0, 0.05) is 34.9 Å². The summed E-state index contributed by atoms with van der Waals surface area (Å²) in [6.07, 6.45) is 4.49. The number of hydrogen-bond donors (Lipinski definition) is 1. The number of nitrogens with zero attached hydrogens (tertiary/aromatic N) is 2. The van der Waals surface area contributed by atoms with Gasteiger partial charge in [-0.25, -0.2) is 4.98 Å². The highest BCUT2D eigenvalue weighted by molar-refractivity contribution is 6.30. The van der Waals surface area contributed by atoms with Crippen molar-refractivity contribution < 1.29 is 4.79 Å². The Balaban J connectivity index is 1.57. The number of carbonyl (C=O) groups is 1. The molecule has 0 spiro atoms. The van der Waals surface area contributed by atoms with Crippen LogP contribution in [0.3, 0.4) is 0 Å². The predicted molar refractivity (Wildman–Crippen MR) is 95.5 cm³/mol. The lowest BCUT2D eigenvalue weighted by atomic mass is 9.89. The number of aromatic nitrogens is 2. The van der Waals surface area contributed by atoms with Crippen LogP contribution in [0.4, 0.5) is 5.69 Å². The molecule has 0 bridgehead atoms. The third-order valence-electron chi connectivity index (χ3n) is 4.60. The molecule has 4 rings (SSSR count). The zero-order chi connectivity index (χ0) is 16.7. The first-order chi connectivity index (χ1) is 11.6. The van der Waals surface area contributed by atoms with Crippen molar-refractivity contribution in [3.63, 3.8) is 0 Å². The topological polar surface area (TPSA) is 46.4 Å². The van der Waals surface area contributed by atoms with Crippen LogP contribution in [0.25, 0.3) is 5.65 Å². The number of imidazole rings is 1. The van der Waals surface area contributed by atoms with Crippen LogP contribution in [-0.4, -0.2) is 15.3 Å². The summed E-state index contributed by atoms with van der Waals surface area (Å²) in [5.74, 6) is 0.0270. The normalized spacial score (nSPS) is 16.8. The Labute approximate surface area is 145 Å². The molecule has 1 unspecified atom stereocenters. The summed E-state index contributed by atoms with van der Waals surface area (Å²) in [6, 6.07) is 11.3. The number of pyridine rings is 1. The van der Waals surface area contributed by atoms with Gasteiger partial charge in [-0.05, 0) is 55.7 Å². The van der Waals surface area contributed by atoms with Gasteiger partial charge in [-0.1, -0.05) is 17.7 Å². The number of nitrogens with one attached hydrogen (secondary N) is 1. The second-order valence-electron chi connectivity index (χ2n) is 6.38. The molecule has 1 aliphatic carbocycles. The van der Waals surface area contributed by atoms with Gasteiger partial charge in [0.25, 0.3) is 0 Å². The van der Waals surface area contributed by atoms with Gasteiger partial charge < -0.3 is 9.72 Å². The van der Waals surface area contributed by atoms with Gasteiger partial charge in [0.1, 0.15) is 5.65 Å². The lowest BCUT2D eigenvalue weighted by Gasteiger charge is -2.21. The van der Waals surface area contributed by atoms with E-state index >= 15 is 0 Å². The van der Waals surface area contributed by atoms with Gasteiger partial charge in [-0.2, -0.15) is 0 Å². The number of rotatable bonds is 2. The van der Waals surface area contributed by atoms with Crippen LogP contribution >= 0.6 is 11.6 Å². The molecule has 122 valence electrons. The van der Waals surface area contributed by atoms with E-state index < -0.39 is 0 Å². The summed E-state index contributed by atoms with van der Waals surface area (Å²) in [5, 5.41) is 3.66. The van der Waals surface area contributed by atoms with E-state index in [1.165, 1.54) is 5.56 Å². The molecular weight excluding hydrogens is 322 g/mol. The van der Waals surface area contributed by atoms with E-state index in [0.29, 0.717) is 5.02 Å². The van der Waals surface area contributed by atoms with Crippen molar-refractivity contribution in [1.82, 2.24) is 9.38 Å². The fourth-order valence-electron chi connectivity index (χ4n) is 3.31. The SMILES string of the molecule is Cc1ccc2nc3c(n2c1)CC(C(=O)Nc1ccc(Cl)cc1)CC3. The van der Waals surface area contributed by atoms with E-state index in [4.69, 9.17) is 16.6 Å². The van der Waals surface area contributed by atoms with Crippen LogP contribution in [-0.2, 0) is 17.6 Å². The van der Waals surface area contributed by atoms with Gasteiger partial charge in [-0.15, -0.1) is 0 Å². The second kappa shape index (κ2) is 5.95. The van der Waals surface area contributed by atoms with Crippen molar-refractivity contribution in [3.8, 4) is 0 Å². The molecule has 3 aromatic rings. The van der Waals surface area contributed by atoms with Crippen LogP contribution in [0.5, 0.6) is 0 Å². The molecule has 1 aromatic carbocycles. The summed E-state index contributed by atoms with van der Waals surface area (Å²) in [4.78, 5) is 17.3. The standard InChI is InChI=1S/C19H18ClN3O/c1-12-2-9-18-22-16-8-3-13(10-17(16)23(18)11-12)19(24)21-15-6-4-14(20)5-7-15/h2,4-7,9,11,13H,3,8,10H2,1H3,(H,21,24). The molecule has 1 amide bonds. The van der Waals surface area contributed by atoms with Gasteiger partial charge in [0.15, 0.2) is 0 Å². The van der Waals surface area contributed by atoms with Crippen LogP contribution in [0.2, 0.25) is 5.02 Å². The Morgan fingerprint density at radius 1 is 1.25 bits per heavy atom. The monoisotopic (exact) mass is 339 g/mol. The molecule has 0 saturated carbocycles. The van der Waals surface area contributed by atoms with E-state index in [0.717, 1.165) is 42.0 Å². The van der Waals surface area contributed by atoms with Crippen molar-refractivity contribution in [2.24, 2.45) is 5.92 Å². The fraction of sp³-hybridized carbons (Fsp3) is 0.263. The maximum atomic E-state index is 12.6. The molecule has 0 aliphatic heterocycles. The first-order valence-electron chi connectivity index (χ1n) is 8.13. The summed E-state index contributed by atoms with van der Waals surface area (Å²) < 4.78 is 2.13. The number of amides is 1. The number of carbonyl (C=O) groups excluding carboxylic acids is 1. The molecule has 2 heterocycles. The molecule has 24 heavy (non-hydrogen) atoms. The minimum atomic E-state index is -0.0337. The minimum Gasteiger partial charge on any atom is -0.326 e. The van der Waals surface area contributed by atoms with E-state index in [1.54, 1.807) is 12.1 Å². The smallest absolute Gasteiger partial charge is 0.227 e. The van der Waals surface area contributed by atoms with Crippen molar-refractivity contribution in [2.75, 3.05) is 5.32 Å². The van der Waals surface area contributed by atoms with Crippen molar-refractivity contribution in [2.45, 2.75) is 26.2 Å². The van der Waals surface area contributed by atoms with E-state index in [2.05, 4.69) is 28.9 Å². The summed E-state index contributed by atoms with van der Waals surface area (Å²) in [6.45, 7) is 2.07. The molecule has 2 aromatic heterocycles.